The number of likely N-dealkylation sites (N-methyl/N-ethyl adjacent to an activating group) is 1. The minimum absolute atomic E-state index is 0.0606. The largest absolute Gasteiger partial charge is 0.510 e. The highest BCUT2D eigenvalue weighted by Gasteiger charge is 2.67. The van der Waals surface area contributed by atoms with Crippen LogP contribution in [0.1, 0.15) is 27.0 Å². The van der Waals surface area contributed by atoms with Gasteiger partial charge in [-0.05, 0) is 49.0 Å². The van der Waals surface area contributed by atoms with E-state index in [2.05, 4.69) is 0 Å². The second-order valence-corrected chi connectivity index (χ2v) is 10.6. The summed E-state index contributed by atoms with van der Waals surface area (Å²) in [6.45, 7) is 0. The smallest absolute Gasteiger partial charge is 0.416 e. The highest BCUT2D eigenvalue weighted by molar-refractivity contribution is 6.25. The molecule has 0 aliphatic heterocycles. The van der Waals surface area contributed by atoms with E-state index in [-0.39, 0.29) is 22.3 Å². The van der Waals surface area contributed by atoms with E-state index in [9.17, 15) is 53.1 Å². The van der Waals surface area contributed by atoms with Crippen LogP contribution in [-0.2, 0) is 15.8 Å². The first kappa shape index (κ1) is 29.0. The molecule has 10 nitrogen and oxygen atoms in total. The average Bonchev–Trinajstić information content (AvgIpc) is 2.89. The Kier molecular flexibility index (Phi) is 6.60. The fraction of sp³-hybridized carbons (Fsp3) is 0.276. The van der Waals surface area contributed by atoms with Crippen molar-refractivity contribution in [2.24, 2.45) is 17.6 Å². The molecule has 3 aliphatic rings. The molecular formula is C29H25F3N2O8. The Balaban J connectivity index is 1.82. The van der Waals surface area contributed by atoms with Crippen LogP contribution in [0.5, 0.6) is 5.75 Å². The van der Waals surface area contributed by atoms with Gasteiger partial charge in [0, 0.05) is 5.92 Å². The fourth-order valence-corrected chi connectivity index (χ4v) is 6.26. The van der Waals surface area contributed by atoms with E-state index in [1.165, 1.54) is 43.3 Å². The molecule has 1 amide bonds. The number of nitrogens with two attached hydrogens (primary N) is 1. The summed E-state index contributed by atoms with van der Waals surface area (Å²) < 4.78 is 39.5. The van der Waals surface area contributed by atoms with Crippen molar-refractivity contribution in [3.8, 4) is 5.75 Å². The number of aliphatic hydroxyl groups excluding tert-OH is 3. The number of Topliss-reactive ketones (excluding diaryl/α,β-unsaturated/α-hetero) is 2. The molecule has 2 aromatic rings. The number of primary amides is 1. The molecule has 2 aromatic carbocycles. The number of benzene rings is 2. The molecule has 0 unspecified atom stereocenters. The number of nitrogens with zero attached hydrogens (tertiary/aromatic N) is 1. The quantitative estimate of drug-likeness (QED) is 0.294. The van der Waals surface area contributed by atoms with Crippen LogP contribution < -0.4 is 5.73 Å². The summed E-state index contributed by atoms with van der Waals surface area (Å²) >= 11 is 0. The van der Waals surface area contributed by atoms with Gasteiger partial charge in [0.25, 0.3) is 5.91 Å². The third-order valence-electron chi connectivity index (χ3n) is 8.09. The average molecular weight is 587 g/mol. The fourth-order valence-electron chi connectivity index (χ4n) is 6.26. The molecule has 0 radical (unpaired) electrons. The van der Waals surface area contributed by atoms with E-state index < -0.39 is 87.2 Å². The minimum Gasteiger partial charge on any atom is -0.510 e. The molecule has 5 rings (SSSR count). The molecule has 0 saturated carbocycles. The van der Waals surface area contributed by atoms with E-state index in [4.69, 9.17) is 5.73 Å². The molecule has 0 bridgehead atoms. The number of halogens is 3. The molecule has 0 heterocycles. The van der Waals surface area contributed by atoms with Crippen LogP contribution in [-0.4, -0.2) is 79.7 Å². The molecule has 3 aliphatic carbocycles. The second kappa shape index (κ2) is 9.54. The zero-order valence-corrected chi connectivity index (χ0v) is 22.0. The number of aromatic hydroxyl groups is 1. The number of phenolic OH excluding ortho intramolecular Hbond substituents is 1. The van der Waals surface area contributed by atoms with Crippen LogP contribution in [0.2, 0.25) is 0 Å². The number of amides is 1. The number of alkyl halides is 3. The number of phenols is 1. The van der Waals surface area contributed by atoms with Crippen molar-refractivity contribution in [2.45, 2.75) is 23.9 Å². The first-order valence-electron chi connectivity index (χ1n) is 12.6. The van der Waals surface area contributed by atoms with E-state index in [1.807, 2.05) is 0 Å². The van der Waals surface area contributed by atoms with Crippen molar-refractivity contribution >= 4 is 29.1 Å². The van der Waals surface area contributed by atoms with Crippen molar-refractivity contribution < 1.29 is 53.1 Å². The number of carbonyl (C=O) groups excluding carboxylic acids is 3. The number of hydrogen-bond donors (Lipinski definition) is 6. The van der Waals surface area contributed by atoms with Crippen LogP contribution in [0, 0.1) is 11.8 Å². The molecule has 0 saturated heterocycles. The van der Waals surface area contributed by atoms with Crippen molar-refractivity contribution in [3.63, 3.8) is 0 Å². The summed E-state index contributed by atoms with van der Waals surface area (Å²) in [5.41, 5.74) is -0.455. The minimum atomic E-state index is -4.61. The van der Waals surface area contributed by atoms with Gasteiger partial charge in [-0.1, -0.05) is 30.3 Å². The van der Waals surface area contributed by atoms with Crippen LogP contribution in [0.15, 0.2) is 65.1 Å². The third kappa shape index (κ3) is 3.95. The summed E-state index contributed by atoms with van der Waals surface area (Å²) in [5, 5.41) is 56.6. The number of aliphatic hydroxyl groups is 4. The highest BCUT2D eigenvalue weighted by Crippen LogP contribution is 2.55. The summed E-state index contributed by atoms with van der Waals surface area (Å²) in [4.78, 5) is 40.7. The number of hydrogen-bond acceptors (Lipinski definition) is 9. The lowest BCUT2D eigenvalue weighted by molar-refractivity contribution is -0.159. The number of fused-ring (bicyclic) bond motifs is 3. The van der Waals surface area contributed by atoms with Crippen LogP contribution in [0.3, 0.4) is 0 Å². The maximum atomic E-state index is 13.8. The van der Waals surface area contributed by atoms with E-state index >= 15 is 0 Å². The molecule has 220 valence electrons. The van der Waals surface area contributed by atoms with Crippen molar-refractivity contribution in [3.05, 3.63) is 87.4 Å². The zero-order chi connectivity index (χ0) is 31.0. The van der Waals surface area contributed by atoms with E-state index in [0.29, 0.717) is 0 Å². The van der Waals surface area contributed by atoms with E-state index in [1.54, 1.807) is 0 Å². The lowest BCUT2D eigenvalue weighted by Gasteiger charge is -2.52. The Morgan fingerprint density at radius 1 is 1.05 bits per heavy atom. The summed E-state index contributed by atoms with van der Waals surface area (Å²) in [5.74, 6) is -9.91. The molecule has 0 aromatic heterocycles. The SMILES string of the molecule is CN(C)[C@H]1C(O)=C(C(N)=O)C(=O)[C@]2(O)C(O)=C3C(=O)c4c(O)cccc4/C(=C\c4ccc(C(F)(F)F)cc4)[C@@H]3[C@@H](O)[C@H]12. The Labute approximate surface area is 236 Å². The van der Waals surface area contributed by atoms with Gasteiger partial charge >= 0.3 is 6.18 Å². The number of carbonyl (C=O) groups is 3. The topological polar surface area (TPSA) is 182 Å². The van der Waals surface area contributed by atoms with Crippen molar-refractivity contribution in [2.75, 3.05) is 14.1 Å². The standard InChI is InChI=1S/C29H25F3N2O8/c1-34(2)21-20-23(37)17-14(10-11-6-8-12(9-7-11)29(30,31)32)13-4-3-5-15(35)16(13)22(36)18(17)25(39)28(20,42)26(40)19(24(21)38)27(33)41/h3-10,17,20-21,23,35,37-39,42H,1-2H3,(H2,33,41)/b14-10+/t17-,20-,21+,23+,28+/m0/s1. The highest BCUT2D eigenvalue weighted by atomic mass is 19.4. The summed E-state index contributed by atoms with van der Waals surface area (Å²) in [7, 11) is 2.80. The van der Waals surface area contributed by atoms with Crippen molar-refractivity contribution in [1.82, 2.24) is 4.90 Å². The van der Waals surface area contributed by atoms with Gasteiger partial charge in [0.2, 0.25) is 5.78 Å². The Bertz CT molecular complexity index is 1640. The predicted octanol–water partition coefficient (Wildman–Crippen LogP) is 2.11. The van der Waals surface area contributed by atoms with Gasteiger partial charge in [-0.3, -0.25) is 19.3 Å². The molecule has 13 heteroatoms. The predicted molar refractivity (Wildman–Crippen MR) is 141 cm³/mol. The lowest BCUT2D eigenvalue weighted by atomic mass is 9.56. The number of rotatable bonds is 3. The molecule has 42 heavy (non-hydrogen) atoms. The van der Waals surface area contributed by atoms with Gasteiger partial charge in [0.05, 0.1) is 34.8 Å². The van der Waals surface area contributed by atoms with Crippen LogP contribution in [0.4, 0.5) is 13.2 Å². The first-order valence-corrected chi connectivity index (χ1v) is 12.6. The Morgan fingerprint density at radius 3 is 2.21 bits per heavy atom. The summed E-state index contributed by atoms with van der Waals surface area (Å²) in [6.07, 6.45) is -5.17. The second-order valence-electron chi connectivity index (χ2n) is 10.6. The molecule has 0 spiro atoms. The maximum absolute atomic E-state index is 13.8. The summed E-state index contributed by atoms with van der Waals surface area (Å²) in [6, 6.07) is 6.44. The molecule has 7 N–H and O–H groups in total. The Morgan fingerprint density at radius 2 is 1.67 bits per heavy atom. The molecular weight excluding hydrogens is 561 g/mol. The van der Waals surface area contributed by atoms with Gasteiger partial charge < -0.3 is 31.3 Å². The van der Waals surface area contributed by atoms with Gasteiger partial charge in [-0.25, -0.2) is 0 Å². The zero-order valence-electron chi connectivity index (χ0n) is 22.0. The third-order valence-corrected chi connectivity index (χ3v) is 8.09. The maximum Gasteiger partial charge on any atom is 0.416 e. The van der Waals surface area contributed by atoms with Gasteiger partial charge in [-0.15, -0.1) is 0 Å². The molecule has 5 atom stereocenters. The van der Waals surface area contributed by atoms with Crippen LogP contribution >= 0.6 is 0 Å². The van der Waals surface area contributed by atoms with Crippen molar-refractivity contribution in [1.29, 1.82) is 0 Å². The monoisotopic (exact) mass is 586 g/mol. The van der Waals surface area contributed by atoms with Crippen LogP contribution in [0.25, 0.3) is 11.6 Å². The first-order chi connectivity index (χ1) is 19.5. The van der Waals surface area contributed by atoms with Gasteiger partial charge in [0.1, 0.15) is 22.8 Å². The lowest BCUT2D eigenvalue weighted by Crippen LogP contribution is -2.68. The normalized spacial score (nSPS) is 28.6. The number of ketones is 2. The molecule has 0 fully saturated rings. The van der Waals surface area contributed by atoms with E-state index in [0.717, 1.165) is 24.3 Å². The Hall–Kier alpha value is -4.46. The van der Waals surface area contributed by atoms with Gasteiger partial charge in [-0.2, -0.15) is 13.2 Å². The van der Waals surface area contributed by atoms with Gasteiger partial charge in [0.15, 0.2) is 11.4 Å².